The second kappa shape index (κ2) is 12.4. The van der Waals surface area contributed by atoms with Crippen molar-refractivity contribution in [1.82, 2.24) is 4.57 Å². The summed E-state index contributed by atoms with van der Waals surface area (Å²) in [4.78, 5) is 2.44. The van der Waals surface area contributed by atoms with Crippen molar-refractivity contribution in [3.8, 4) is 27.9 Å². The van der Waals surface area contributed by atoms with Gasteiger partial charge < -0.3 is 9.47 Å². The third-order valence-electron chi connectivity index (χ3n) is 11.5. The number of para-hydroxylation sites is 2. The van der Waals surface area contributed by atoms with E-state index in [2.05, 4.69) is 211 Å². The predicted molar refractivity (Wildman–Crippen MR) is 223 cm³/mol. The average molecular weight is 681 g/mol. The highest BCUT2D eigenvalue weighted by Crippen LogP contribution is 2.50. The molecule has 1 atom stereocenters. The van der Waals surface area contributed by atoms with Crippen molar-refractivity contribution in [3.05, 3.63) is 210 Å². The van der Waals surface area contributed by atoms with Gasteiger partial charge in [0.2, 0.25) is 0 Å². The normalized spacial score (nSPS) is 15.7. The van der Waals surface area contributed by atoms with Gasteiger partial charge in [-0.15, -0.1) is 0 Å². The number of hydrogen-bond acceptors (Lipinski definition) is 1. The Labute approximate surface area is 311 Å². The lowest BCUT2D eigenvalue weighted by atomic mass is 9.82. The van der Waals surface area contributed by atoms with Crippen molar-refractivity contribution in [2.45, 2.75) is 31.6 Å². The Bertz CT molecular complexity index is 2710. The van der Waals surface area contributed by atoms with E-state index in [1.54, 1.807) is 0 Å². The Morgan fingerprint density at radius 1 is 0.547 bits per heavy atom. The van der Waals surface area contributed by atoms with E-state index in [1.807, 2.05) is 0 Å². The van der Waals surface area contributed by atoms with Gasteiger partial charge in [0.05, 0.1) is 11.0 Å². The standard InChI is InChI=1S/C51H40N2/c1-51(2)47-19-11-9-17-43(47)44-32-30-42(34-48(44)51)52(40-26-21-36(22-27-40)35-13-5-3-6-14-35)41-28-23-37(24-29-41)38-25-31-46-45-18-10-12-20-49(45)53(50(46)33-38)39-15-7-4-8-16-39/h3-21,23-34,36H,22H2,1-2H3. The van der Waals surface area contributed by atoms with Crippen LogP contribution in [0.1, 0.15) is 42.9 Å². The van der Waals surface area contributed by atoms with Crippen molar-refractivity contribution >= 4 is 33.2 Å². The number of allylic oxidation sites excluding steroid dienone is 3. The lowest BCUT2D eigenvalue weighted by Gasteiger charge is -2.31. The van der Waals surface area contributed by atoms with Crippen LogP contribution in [0.25, 0.3) is 49.7 Å². The highest BCUT2D eigenvalue weighted by atomic mass is 15.1. The van der Waals surface area contributed by atoms with E-state index < -0.39 is 0 Å². The topological polar surface area (TPSA) is 8.17 Å². The average Bonchev–Trinajstić information content (AvgIpc) is 3.67. The first-order valence-corrected chi connectivity index (χ1v) is 18.7. The Morgan fingerprint density at radius 3 is 2.00 bits per heavy atom. The Kier molecular flexibility index (Phi) is 7.33. The molecule has 2 aliphatic carbocycles. The summed E-state index contributed by atoms with van der Waals surface area (Å²) in [5.74, 6) is 0.374. The predicted octanol–water partition coefficient (Wildman–Crippen LogP) is 13.5. The van der Waals surface area contributed by atoms with Crippen LogP contribution in [0.3, 0.4) is 0 Å². The molecule has 1 unspecified atom stereocenters. The third kappa shape index (κ3) is 5.17. The zero-order valence-corrected chi connectivity index (χ0v) is 30.1. The van der Waals surface area contributed by atoms with Crippen LogP contribution in [-0.4, -0.2) is 4.57 Å². The van der Waals surface area contributed by atoms with Gasteiger partial charge in [-0.25, -0.2) is 0 Å². The fourth-order valence-electron chi connectivity index (χ4n) is 8.81. The van der Waals surface area contributed by atoms with E-state index in [1.165, 1.54) is 77.8 Å². The largest absolute Gasteiger partial charge is 0.311 e. The minimum Gasteiger partial charge on any atom is -0.311 e. The minimum atomic E-state index is -0.0759. The molecule has 2 heteroatoms. The van der Waals surface area contributed by atoms with Gasteiger partial charge in [0.25, 0.3) is 0 Å². The molecule has 0 aliphatic heterocycles. The molecule has 0 fully saturated rings. The Balaban J connectivity index is 1.06. The smallest absolute Gasteiger partial charge is 0.0547 e. The molecule has 1 heterocycles. The molecule has 1 aromatic heterocycles. The van der Waals surface area contributed by atoms with E-state index in [-0.39, 0.29) is 5.41 Å². The van der Waals surface area contributed by atoms with Gasteiger partial charge in [-0.1, -0.05) is 147 Å². The van der Waals surface area contributed by atoms with Gasteiger partial charge in [-0.2, -0.15) is 0 Å². The highest BCUT2D eigenvalue weighted by Gasteiger charge is 2.35. The summed E-state index contributed by atoms with van der Waals surface area (Å²) in [7, 11) is 0. The molecule has 0 amide bonds. The van der Waals surface area contributed by atoms with Gasteiger partial charge in [0.15, 0.2) is 0 Å². The summed E-state index contributed by atoms with van der Waals surface area (Å²) in [6.07, 6.45) is 8.07. The van der Waals surface area contributed by atoms with Gasteiger partial charge >= 0.3 is 0 Å². The van der Waals surface area contributed by atoms with Crippen LogP contribution in [0.15, 0.2) is 194 Å². The van der Waals surface area contributed by atoms with Gasteiger partial charge in [0.1, 0.15) is 0 Å². The number of hydrogen-bond donors (Lipinski definition) is 0. The fraction of sp³-hybridized carbons (Fsp3) is 0.0980. The maximum atomic E-state index is 2.44. The van der Waals surface area contributed by atoms with Crippen molar-refractivity contribution in [3.63, 3.8) is 0 Å². The van der Waals surface area contributed by atoms with Crippen LogP contribution < -0.4 is 4.90 Å². The van der Waals surface area contributed by atoms with Crippen LogP contribution in [-0.2, 0) is 5.41 Å². The molecule has 0 saturated heterocycles. The summed E-state index contributed by atoms with van der Waals surface area (Å²) < 4.78 is 2.39. The van der Waals surface area contributed by atoms with Crippen LogP contribution in [0.2, 0.25) is 0 Å². The molecule has 0 radical (unpaired) electrons. The van der Waals surface area contributed by atoms with Crippen molar-refractivity contribution in [2.75, 3.05) is 4.90 Å². The highest BCUT2D eigenvalue weighted by molar-refractivity contribution is 6.10. The number of aromatic nitrogens is 1. The number of rotatable bonds is 6. The number of fused-ring (bicyclic) bond motifs is 6. The number of nitrogens with zero attached hydrogens (tertiary/aromatic N) is 2. The fourth-order valence-corrected chi connectivity index (χ4v) is 8.81. The Morgan fingerprint density at radius 2 is 1.21 bits per heavy atom. The maximum absolute atomic E-state index is 2.44. The molecule has 10 rings (SSSR count). The van der Waals surface area contributed by atoms with Crippen LogP contribution in [0.5, 0.6) is 0 Å². The maximum Gasteiger partial charge on any atom is 0.0547 e. The molecular weight excluding hydrogens is 641 g/mol. The molecule has 53 heavy (non-hydrogen) atoms. The van der Waals surface area contributed by atoms with Crippen LogP contribution in [0.4, 0.5) is 11.4 Å². The second-order valence-corrected chi connectivity index (χ2v) is 14.9. The number of benzene rings is 7. The van der Waals surface area contributed by atoms with E-state index in [0.29, 0.717) is 5.92 Å². The lowest BCUT2D eigenvalue weighted by molar-refractivity contribution is 0.660. The summed E-state index contributed by atoms with van der Waals surface area (Å²) in [6.45, 7) is 4.72. The molecule has 0 saturated carbocycles. The summed E-state index contributed by atoms with van der Waals surface area (Å²) in [5.41, 5.74) is 16.3. The van der Waals surface area contributed by atoms with E-state index in [9.17, 15) is 0 Å². The zero-order valence-electron chi connectivity index (χ0n) is 30.1. The summed E-state index contributed by atoms with van der Waals surface area (Å²) >= 11 is 0. The first-order chi connectivity index (χ1) is 26.0. The van der Waals surface area contributed by atoms with Gasteiger partial charge in [-0.05, 0) is 100.0 Å². The van der Waals surface area contributed by atoms with Crippen LogP contribution in [0, 0.1) is 0 Å². The first kappa shape index (κ1) is 31.4. The monoisotopic (exact) mass is 680 g/mol. The van der Waals surface area contributed by atoms with E-state index >= 15 is 0 Å². The van der Waals surface area contributed by atoms with Gasteiger partial charge in [0, 0.05) is 44.9 Å². The van der Waals surface area contributed by atoms with Crippen LogP contribution >= 0.6 is 0 Å². The zero-order chi connectivity index (χ0) is 35.5. The van der Waals surface area contributed by atoms with E-state index in [4.69, 9.17) is 0 Å². The van der Waals surface area contributed by atoms with Crippen molar-refractivity contribution < 1.29 is 0 Å². The Hall–Kier alpha value is -6.38. The third-order valence-corrected chi connectivity index (χ3v) is 11.5. The molecule has 0 N–H and O–H groups in total. The summed E-state index contributed by atoms with van der Waals surface area (Å²) in [5, 5.41) is 2.54. The van der Waals surface area contributed by atoms with E-state index in [0.717, 1.165) is 12.1 Å². The minimum absolute atomic E-state index is 0.0759. The SMILES string of the molecule is CC1(C)c2ccccc2-c2ccc(N(C3=CCC(c4ccccc4)C=C3)c3ccc(-c4ccc5c6ccccc6n(-c6ccccc6)c5c4)cc3)cc21. The first-order valence-electron chi connectivity index (χ1n) is 18.7. The van der Waals surface area contributed by atoms with Crippen molar-refractivity contribution in [1.29, 1.82) is 0 Å². The molecule has 2 aliphatic rings. The molecule has 8 aromatic rings. The molecule has 254 valence electrons. The molecular formula is C51H40N2. The lowest BCUT2D eigenvalue weighted by Crippen LogP contribution is -2.19. The second-order valence-electron chi connectivity index (χ2n) is 14.9. The molecule has 2 nitrogen and oxygen atoms in total. The molecule has 0 bridgehead atoms. The van der Waals surface area contributed by atoms with Gasteiger partial charge in [-0.3, -0.25) is 0 Å². The molecule has 7 aromatic carbocycles. The molecule has 0 spiro atoms. The quantitative estimate of drug-likeness (QED) is 0.170. The summed E-state index contributed by atoms with van der Waals surface area (Å²) in [6, 6.07) is 62.3. The van der Waals surface area contributed by atoms with Crippen molar-refractivity contribution in [2.24, 2.45) is 0 Å². The number of anilines is 2.